The van der Waals surface area contributed by atoms with Gasteiger partial charge in [0.1, 0.15) is 0 Å². The van der Waals surface area contributed by atoms with Crippen LogP contribution in [0.1, 0.15) is 34.1 Å². The second-order valence-electron chi connectivity index (χ2n) is 5.57. The van der Waals surface area contributed by atoms with Gasteiger partial charge in [0.05, 0.1) is 23.4 Å². The molecule has 2 unspecified atom stereocenters. The van der Waals surface area contributed by atoms with Crippen LogP contribution >= 0.6 is 0 Å². The number of carbonyl (C=O) groups is 2. The Kier molecular flexibility index (Phi) is 3.78. The molecule has 2 rings (SSSR count). The highest BCUT2D eigenvalue weighted by molar-refractivity contribution is 6.03. The first-order valence-electron chi connectivity index (χ1n) is 6.74. The van der Waals surface area contributed by atoms with Gasteiger partial charge in [0.25, 0.3) is 0 Å². The van der Waals surface area contributed by atoms with E-state index in [-0.39, 0.29) is 36.0 Å². The van der Waals surface area contributed by atoms with Gasteiger partial charge in [-0.1, -0.05) is 12.2 Å². The van der Waals surface area contributed by atoms with Gasteiger partial charge in [0.15, 0.2) is 0 Å². The van der Waals surface area contributed by atoms with Gasteiger partial charge in [-0.15, -0.1) is 0 Å². The Hall–Kier alpha value is -1.58. The Bertz CT molecular complexity index is 417. The molecule has 0 heterocycles. The molecule has 2 atom stereocenters. The van der Waals surface area contributed by atoms with Crippen molar-refractivity contribution in [1.82, 2.24) is 0 Å². The second kappa shape index (κ2) is 5.19. The van der Waals surface area contributed by atoms with E-state index >= 15 is 0 Å². The Morgan fingerprint density at radius 2 is 1.32 bits per heavy atom. The molecule has 0 radical (unpaired) electrons. The Morgan fingerprint density at radius 1 is 0.947 bits per heavy atom. The molecular formula is C15H20O4. The van der Waals surface area contributed by atoms with Crippen molar-refractivity contribution in [2.24, 2.45) is 11.8 Å². The first-order valence-corrected chi connectivity index (χ1v) is 6.74. The lowest BCUT2D eigenvalue weighted by Crippen LogP contribution is -2.23. The van der Waals surface area contributed by atoms with Gasteiger partial charge in [-0.25, -0.2) is 9.59 Å². The van der Waals surface area contributed by atoms with Crippen molar-refractivity contribution in [2.45, 2.75) is 46.3 Å². The number of hydrogen-bond donors (Lipinski definition) is 0. The molecule has 2 aliphatic carbocycles. The second-order valence-corrected chi connectivity index (χ2v) is 5.57. The SMILES string of the molecule is CC(C)OC(=O)C1=C(C(=O)OC(C)C)C2C=CC1C2. The Labute approximate surface area is 113 Å². The van der Waals surface area contributed by atoms with Gasteiger partial charge in [-0.05, 0) is 34.1 Å². The standard InChI is InChI=1S/C15H20O4/c1-8(2)18-14(16)12-10-5-6-11(7-10)13(12)15(17)19-9(3)4/h5-6,8-11H,7H2,1-4H3. The molecule has 0 spiro atoms. The summed E-state index contributed by atoms with van der Waals surface area (Å²) in [5, 5.41) is 0. The van der Waals surface area contributed by atoms with Crippen molar-refractivity contribution in [3.05, 3.63) is 23.3 Å². The van der Waals surface area contributed by atoms with E-state index < -0.39 is 0 Å². The minimum Gasteiger partial charge on any atom is -0.460 e. The zero-order chi connectivity index (χ0) is 14.2. The van der Waals surface area contributed by atoms with Crippen molar-refractivity contribution in [2.75, 3.05) is 0 Å². The molecule has 0 fully saturated rings. The smallest absolute Gasteiger partial charge is 0.335 e. The summed E-state index contributed by atoms with van der Waals surface area (Å²) in [4.78, 5) is 24.2. The van der Waals surface area contributed by atoms with E-state index in [2.05, 4.69) is 0 Å². The molecule has 19 heavy (non-hydrogen) atoms. The van der Waals surface area contributed by atoms with Gasteiger partial charge in [0.2, 0.25) is 0 Å². The maximum Gasteiger partial charge on any atom is 0.335 e. The normalized spacial score (nSPS) is 24.5. The molecule has 0 aromatic rings. The zero-order valence-electron chi connectivity index (χ0n) is 11.8. The van der Waals surface area contributed by atoms with E-state index in [1.54, 1.807) is 27.7 Å². The maximum absolute atomic E-state index is 12.1. The number of ether oxygens (including phenoxy) is 2. The quantitative estimate of drug-likeness (QED) is 0.578. The molecule has 0 aliphatic heterocycles. The summed E-state index contributed by atoms with van der Waals surface area (Å²) < 4.78 is 10.5. The third-order valence-electron chi connectivity index (χ3n) is 3.24. The van der Waals surface area contributed by atoms with Gasteiger partial charge in [0, 0.05) is 11.8 Å². The van der Waals surface area contributed by atoms with Crippen molar-refractivity contribution < 1.29 is 19.1 Å². The third kappa shape index (κ3) is 2.72. The topological polar surface area (TPSA) is 52.6 Å². The van der Waals surface area contributed by atoms with Crippen LogP contribution in [0.5, 0.6) is 0 Å². The number of carbonyl (C=O) groups excluding carboxylic acids is 2. The molecular weight excluding hydrogens is 244 g/mol. The summed E-state index contributed by atoms with van der Waals surface area (Å²) in [5.41, 5.74) is 0.985. The fraction of sp³-hybridized carbons (Fsp3) is 0.600. The maximum atomic E-state index is 12.1. The number of rotatable bonds is 4. The summed E-state index contributed by atoms with van der Waals surface area (Å²) >= 11 is 0. The van der Waals surface area contributed by atoms with Crippen molar-refractivity contribution in [1.29, 1.82) is 0 Å². The number of esters is 2. The molecule has 4 heteroatoms. The molecule has 0 saturated heterocycles. The summed E-state index contributed by atoms with van der Waals surface area (Å²) in [6.07, 6.45) is 4.36. The predicted molar refractivity (Wildman–Crippen MR) is 70.2 cm³/mol. The van der Waals surface area contributed by atoms with Gasteiger partial charge < -0.3 is 9.47 Å². The van der Waals surface area contributed by atoms with Crippen LogP contribution in [0.25, 0.3) is 0 Å². The first-order chi connectivity index (χ1) is 8.90. The lowest BCUT2D eigenvalue weighted by atomic mass is 9.97. The molecule has 104 valence electrons. The number of fused-ring (bicyclic) bond motifs is 2. The van der Waals surface area contributed by atoms with E-state index in [0.29, 0.717) is 11.1 Å². The summed E-state index contributed by atoms with van der Waals surface area (Å²) in [6.45, 7) is 7.20. The van der Waals surface area contributed by atoms with E-state index in [4.69, 9.17) is 9.47 Å². The van der Waals surface area contributed by atoms with Crippen molar-refractivity contribution in [3.63, 3.8) is 0 Å². The van der Waals surface area contributed by atoms with E-state index in [0.717, 1.165) is 6.42 Å². The van der Waals surface area contributed by atoms with Gasteiger partial charge >= 0.3 is 11.9 Å². The molecule has 4 nitrogen and oxygen atoms in total. The average molecular weight is 264 g/mol. The lowest BCUT2D eigenvalue weighted by molar-refractivity contribution is -0.146. The number of allylic oxidation sites excluding steroid dienone is 2. The Balaban J connectivity index is 2.26. The van der Waals surface area contributed by atoms with Crippen LogP contribution in [0.4, 0.5) is 0 Å². The average Bonchev–Trinajstić information content (AvgIpc) is 2.85. The van der Waals surface area contributed by atoms with E-state index in [1.807, 2.05) is 12.2 Å². The van der Waals surface area contributed by atoms with Crippen LogP contribution in [-0.2, 0) is 19.1 Å². The summed E-state index contributed by atoms with van der Waals surface area (Å²) in [7, 11) is 0. The molecule has 2 aliphatic rings. The van der Waals surface area contributed by atoms with Crippen LogP contribution in [-0.4, -0.2) is 24.1 Å². The van der Waals surface area contributed by atoms with Crippen molar-refractivity contribution in [3.8, 4) is 0 Å². The van der Waals surface area contributed by atoms with Crippen LogP contribution < -0.4 is 0 Å². The fourth-order valence-electron chi connectivity index (χ4n) is 2.60. The molecule has 0 N–H and O–H groups in total. The molecule has 0 saturated carbocycles. The van der Waals surface area contributed by atoms with E-state index in [9.17, 15) is 9.59 Å². The monoisotopic (exact) mass is 264 g/mol. The van der Waals surface area contributed by atoms with Crippen LogP contribution in [0, 0.1) is 11.8 Å². The largest absolute Gasteiger partial charge is 0.460 e. The van der Waals surface area contributed by atoms with E-state index in [1.165, 1.54) is 0 Å². The molecule has 0 aromatic heterocycles. The lowest BCUT2D eigenvalue weighted by Gasteiger charge is -2.17. The summed E-state index contributed by atoms with van der Waals surface area (Å²) in [6, 6.07) is 0. The summed E-state index contributed by atoms with van der Waals surface area (Å²) in [5.74, 6) is -0.762. The zero-order valence-corrected chi connectivity index (χ0v) is 11.8. The minimum atomic E-state index is -0.387. The highest BCUT2D eigenvalue weighted by atomic mass is 16.5. The fourth-order valence-corrected chi connectivity index (χ4v) is 2.60. The minimum absolute atomic E-state index is 0.00552. The molecule has 2 bridgehead atoms. The van der Waals surface area contributed by atoms with Crippen molar-refractivity contribution >= 4 is 11.9 Å². The predicted octanol–water partition coefficient (Wildman–Crippen LogP) is 2.39. The van der Waals surface area contributed by atoms with Crippen LogP contribution in [0.3, 0.4) is 0 Å². The number of hydrogen-bond acceptors (Lipinski definition) is 4. The Morgan fingerprint density at radius 3 is 1.63 bits per heavy atom. The highest BCUT2D eigenvalue weighted by Gasteiger charge is 2.43. The highest BCUT2D eigenvalue weighted by Crippen LogP contribution is 2.44. The van der Waals surface area contributed by atoms with Crippen LogP contribution in [0.15, 0.2) is 23.3 Å². The molecule has 0 aromatic carbocycles. The van der Waals surface area contributed by atoms with Gasteiger partial charge in [-0.3, -0.25) is 0 Å². The third-order valence-corrected chi connectivity index (χ3v) is 3.24. The van der Waals surface area contributed by atoms with Gasteiger partial charge in [-0.2, -0.15) is 0 Å². The van der Waals surface area contributed by atoms with Crippen LogP contribution in [0.2, 0.25) is 0 Å². The molecule has 0 amide bonds. The first kappa shape index (κ1) is 13.8.